The Morgan fingerprint density at radius 2 is 1.89 bits per heavy atom. The predicted molar refractivity (Wildman–Crippen MR) is 70.6 cm³/mol. The Bertz CT molecular complexity index is 588. The Labute approximate surface area is 110 Å². The molecule has 0 atom stereocenters. The minimum atomic E-state index is 0.447. The van der Waals surface area contributed by atoms with Crippen molar-refractivity contribution in [3.05, 3.63) is 58.6 Å². The quantitative estimate of drug-likeness (QED) is 0.917. The summed E-state index contributed by atoms with van der Waals surface area (Å²) in [7, 11) is 0. The van der Waals surface area contributed by atoms with Gasteiger partial charge in [0.2, 0.25) is 0 Å². The summed E-state index contributed by atoms with van der Waals surface area (Å²) in [6.45, 7) is 0.487. The van der Waals surface area contributed by atoms with E-state index in [9.17, 15) is 0 Å². The SMILES string of the molecule is N#Cc1ccc(Cl)cc1Oc1ccc(CN)cc1. The van der Waals surface area contributed by atoms with E-state index in [1.165, 1.54) is 0 Å². The number of ether oxygens (including phenoxy) is 1. The van der Waals surface area contributed by atoms with Crippen molar-refractivity contribution in [2.75, 3.05) is 0 Å². The number of nitriles is 1. The van der Waals surface area contributed by atoms with Crippen LogP contribution in [0.4, 0.5) is 0 Å². The molecule has 4 heteroatoms. The molecule has 0 aliphatic heterocycles. The highest BCUT2D eigenvalue weighted by Gasteiger charge is 2.05. The lowest BCUT2D eigenvalue weighted by atomic mass is 10.2. The van der Waals surface area contributed by atoms with Gasteiger partial charge in [-0.2, -0.15) is 5.26 Å². The van der Waals surface area contributed by atoms with Crippen molar-refractivity contribution < 1.29 is 4.74 Å². The van der Waals surface area contributed by atoms with Gasteiger partial charge in [-0.15, -0.1) is 0 Å². The maximum Gasteiger partial charge on any atom is 0.146 e. The van der Waals surface area contributed by atoms with Crippen LogP contribution in [-0.2, 0) is 6.54 Å². The normalized spacial score (nSPS) is 9.83. The van der Waals surface area contributed by atoms with Crippen molar-refractivity contribution in [3.63, 3.8) is 0 Å². The van der Waals surface area contributed by atoms with Crippen molar-refractivity contribution in [2.45, 2.75) is 6.54 Å². The summed E-state index contributed by atoms with van der Waals surface area (Å²) in [5, 5.41) is 9.51. The summed E-state index contributed by atoms with van der Waals surface area (Å²) in [5.74, 6) is 1.09. The number of hydrogen-bond donors (Lipinski definition) is 1. The van der Waals surface area contributed by atoms with Gasteiger partial charge in [-0.1, -0.05) is 23.7 Å². The summed E-state index contributed by atoms with van der Waals surface area (Å²) >= 11 is 5.88. The van der Waals surface area contributed by atoms with Crippen molar-refractivity contribution in [1.29, 1.82) is 5.26 Å². The fourth-order valence-electron chi connectivity index (χ4n) is 1.49. The lowest BCUT2D eigenvalue weighted by Crippen LogP contribution is -1.95. The second kappa shape index (κ2) is 5.54. The summed E-state index contributed by atoms with van der Waals surface area (Å²) in [5.41, 5.74) is 6.99. The highest BCUT2D eigenvalue weighted by atomic mass is 35.5. The third kappa shape index (κ3) is 2.80. The van der Waals surface area contributed by atoms with Gasteiger partial charge in [-0.05, 0) is 29.8 Å². The van der Waals surface area contributed by atoms with E-state index in [4.69, 9.17) is 27.3 Å². The molecule has 0 amide bonds. The topological polar surface area (TPSA) is 59.0 Å². The van der Waals surface area contributed by atoms with E-state index in [2.05, 4.69) is 6.07 Å². The number of nitrogens with zero attached hydrogens (tertiary/aromatic N) is 1. The number of benzene rings is 2. The highest BCUT2D eigenvalue weighted by molar-refractivity contribution is 6.30. The predicted octanol–water partition coefficient (Wildman–Crippen LogP) is 3.46. The molecule has 0 fully saturated rings. The van der Waals surface area contributed by atoms with Crippen LogP contribution in [0.1, 0.15) is 11.1 Å². The first-order valence-corrected chi connectivity index (χ1v) is 5.77. The Morgan fingerprint density at radius 3 is 2.50 bits per heavy atom. The molecule has 0 saturated carbocycles. The van der Waals surface area contributed by atoms with Crippen LogP contribution in [0.25, 0.3) is 0 Å². The van der Waals surface area contributed by atoms with E-state index in [1.807, 2.05) is 24.3 Å². The monoisotopic (exact) mass is 258 g/mol. The van der Waals surface area contributed by atoms with E-state index < -0.39 is 0 Å². The molecule has 0 aromatic heterocycles. The van der Waals surface area contributed by atoms with Gasteiger partial charge in [-0.25, -0.2) is 0 Å². The smallest absolute Gasteiger partial charge is 0.146 e. The minimum Gasteiger partial charge on any atom is -0.456 e. The van der Waals surface area contributed by atoms with Crippen LogP contribution in [0.3, 0.4) is 0 Å². The zero-order valence-electron chi connectivity index (χ0n) is 9.56. The number of rotatable bonds is 3. The second-order valence-electron chi connectivity index (χ2n) is 3.70. The van der Waals surface area contributed by atoms with Crippen LogP contribution in [0.2, 0.25) is 5.02 Å². The second-order valence-corrected chi connectivity index (χ2v) is 4.14. The average Bonchev–Trinajstić information content (AvgIpc) is 2.40. The van der Waals surface area contributed by atoms with E-state index >= 15 is 0 Å². The van der Waals surface area contributed by atoms with Gasteiger partial charge in [0.15, 0.2) is 0 Å². The van der Waals surface area contributed by atoms with Crippen LogP contribution in [0, 0.1) is 11.3 Å². The van der Waals surface area contributed by atoms with Crippen LogP contribution < -0.4 is 10.5 Å². The molecule has 0 bridgehead atoms. The number of hydrogen-bond acceptors (Lipinski definition) is 3. The molecule has 2 aromatic rings. The summed E-state index contributed by atoms with van der Waals surface area (Å²) in [4.78, 5) is 0. The third-order valence-electron chi connectivity index (χ3n) is 2.45. The van der Waals surface area contributed by atoms with E-state index in [0.29, 0.717) is 28.6 Å². The molecular weight excluding hydrogens is 248 g/mol. The Morgan fingerprint density at radius 1 is 1.17 bits per heavy atom. The highest BCUT2D eigenvalue weighted by Crippen LogP contribution is 2.28. The summed E-state index contributed by atoms with van der Waals surface area (Å²) in [6.07, 6.45) is 0. The Kier molecular flexibility index (Phi) is 3.83. The first-order chi connectivity index (χ1) is 8.72. The fourth-order valence-corrected chi connectivity index (χ4v) is 1.66. The summed E-state index contributed by atoms with van der Waals surface area (Å²) < 4.78 is 5.63. The molecule has 0 spiro atoms. The van der Waals surface area contributed by atoms with Gasteiger partial charge in [0.1, 0.15) is 17.6 Å². The molecule has 2 N–H and O–H groups in total. The van der Waals surface area contributed by atoms with Gasteiger partial charge in [0.05, 0.1) is 5.56 Å². The van der Waals surface area contributed by atoms with Crippen molar-refractivity contribution in [1.82, 2.24) is 0 Å². The molecule has 0 heterocycles. The maximum atomic E-state index is 8.98. The van der Waals surface area contributed by atoms with Gasteiger partial charge in [0.25, 0.3) is 0 Å². The largest absolute Gasteiger partial charge is 0.456 e. The fraction of sp³-hybridized carbons (Fsp3) is 0.0714. The van der Waals surface area contributed by atoms with E-state index in [0.717, 1.165) is 5.56 Å². The van der Waals surface area contributed by atoms with Gasteiger partial charge >= 0.3 is 0 Å². The third-order valence-corrected chi connectivity index (χ3v) is 2.69. The molecule has 0 unspecified atom stereocenters. The van der Waals surface area contributed by atoms with Gasteiger partial charge in [0, 0.05) is 17.6 Å². The molecule has 2 aromatic carbocycles. The molecule has 90 valence electrons. The molecule has 0 aliphatic carbocycles. The molecule has 0 radical (unpaired) electrons. The molecule has 18 heavy (non-hydrogen) atoms. The summed E-state index contributed by atoms with van der Waals surface area (Å²) in [6, 6.07) is 14.4. The minimum absolute atomic E-state index is 0.447. The van der Waals surface area contributed by atoms with Gasteiger partial charge in [-0.3, -0.25) is 0 Å². The molecule has 3 nitrogen and oxygen atoms in total. The first kappa shape index (κ1) is 12.4. The van der Waals surface area contributed by atoms with E-state index in [1.54, 1.807) is 18.2 Å². The number of nitrogens with two attached hydrogens (primary N) is 1. The molecule has 0 saturated heterocycles. The maximum absolute atomic E-state index is 8.98. The van der Waals surface area contributed by atoms with Crippen LogP contribution >= 0.6 is 11.6 Å². The zero-order chi connectivity index (χ0) is 13.0. The van der Waals surface area contributed by atoms with E-state index in [-0.39, 0.29) is 0 Å². The lowest BCUT2D eigenvalue weighted by Gasteiger charge is -2.08. The van der Waals surface area contributed by atoms with Crippen molar-refractivity contribution >= 4 is 11.6 Å². The van der Waals surface area contributed by atoms with Gasteiger partial charge < -0.3 is 10.5 Å². The van der Waals surface area contributed by atoms with Crippen molar-refractivity contribution in [2.24, 2.45) is 5.73 Å². The Balaban J connectivity index is 2.27. The van der Waals surface area contributed by atoms with Crippen molar-refractivity contribution in [3.8, 4) is 17.6 Å². The zero-order valence-corrected chi connectivity index (χ0v) is 10.3. The lowest BCUT2D eigenvalue weighted by molar-refractivity contribution is 0.481. The van der Waals surface area contributed by atoms with Crippen LogP contribution in [0.5, 0.6) is 11.5 Å². The molecular formula is C14H11ClN2O. The standard InChI is InChI=1S/C14H11ClN2O/c15-12-4-3-11(9-17)14(7-12)18-13-5-1-10(8-16)2-6-13/h1-7H,8,16H2. The molecule has 0 aliphatic rings. The molecule has 2 rings (SSSR count). The Hall–Kier alpha value is -2.02. The average molecular weight is 259 g/mol. The van der Waals surface area contributed by atoms with Crippen LogP contribution in [0.15, 0.2) is 42.5 Å². The first-order valence-electron chi connectivity index (χ1n) is 5.39. The van der Waals surface area contributed by atoms with Crippen LogP contribution in [-0.4, -0.2) is 0 Å². The number of halogens is 1.